The number of aryl methyl sites for hydroxylation is 2. The number of rotatable bonds is 4. The third kappa shape index (κ3) is 2.99. The molecule has 4 rings (SSSR count). The molecule has 1 amide bonds. The van der Waals surface area contributed by atoms with Gasteiger partial charge in [-0.15, -0.1) is 11.3 Å². The first-order chi connectivity index (χ1) is 12.1. The van der Waals surface area contributed by atoms with E-state index in [1.54, 1.807) is 22.3 Å². The van der Waals surface area contributed by atoms with Gasteiger partial charge in [0.25, 0.3) is 0 Å². The van der Waals surface area contributed by atoms with Crippen LogP contribution in [0.25, 0.3) is 0 Å². The summed E-state index contributed by atoms with van der Waals surface area (Å²) >= 11 is 1.64. The van der Waals surface area contributed by atoms with E-state index in [2.05, 4.69) is 10.4 Å². The van der Waals surface area contributed by atoms with Crippen LogP contribution in [-0.2, 0) is 16.6 Å². The predicted molar refractivity (Wildman–Crippen MR) is 98.7 cm³/mol. The van der Waals surface area contributed by atoms with Crippen molar-refractivity contribution in [1.29, 1.82) is 0 Å². The number of hydrogen-bond acceptors (Lipinski definition) is 3. The Hall–Kier alpha value is -1.75. The fraction of sp³-hybridized carbons (Fsp3) is 0.500. The van der Waals surface area contributed by atoms with E-state index in [0.29, 0.717) is 18.7 Å². The zero-order valence-corrected chi connectivity index (χ0v) is 15.4. The SMILES string of the molecule is Cc1nc(CCCC(=O)N2CC3(CCCC3)c3cccc(F)c32)cs1. The topological polar surface area (TPSA) is 33.2 Å². The average Bonchev–Trinajstić information content (AvgIpc) is 3.30. The third-order valence-corrected chi connectivity index (χ3v) is 6.46. The maximum atomic E-state index is 14.5. The van der Waals surface area contributed by atoms with Crippen molar-refractivity contribution < 1.29 is 9.18 Å². The Morgan fingerprint density at radius 2 is 2.16 bits per heavy atom. The van der Waals surface area contributed by atoms with Crippen LogP contribution < -0.4 is 4.90 Å². The maximum absolute atomic E-state index is 14.5. The molecular formula is C20H23FN2OS. The first kappa shape index (κ1) is 16.7. The zero-order valence-electron chi connectivity index (χ0n) is 14.6. The molecule has 2 heterocycles. The molecule has 132 valence electrons. The summed E-state index contributed by atoms with van der Waals surface area (Å²) in [5.74, 6) is -0.216. The first-order valence-corrected chi connectivity index (χ1v) is 9.97. The highest BCUT2D eigenvalue weighted by Gasteiger charge is 2.47. The lowest BCUT2D eigenvalue weighted by molar-refractivity contribution is -0.118. The second-order valence-corrected chi connectivity index (χ2v) is 8.38. The normalized spacial score (nSPS) is 18.1. The number of benzene rings is 1. The minimum Gasteiger partial charge on any atom is -0.309 e. The van der Waals surface area contributed by atoms with Gasteiger partial charge in [-0.25, -0.2) is 9.37 Å². The van der Waals surface area contributed by atoms with Crippen LogP contribution in [0.2, 0.25) is 0 Å². The van der Waals surface area contributed by atoms with E-state index in [9.17, 15) is 9.18 Å². The highest BCUT2D eigenvalue weighted by atomic mass is 32.1. The van der Waals surface area contributed by atoms with Crippen LogP contribution in [0.5, 0.6) is 0 Å². The molecule has 1 aromatic heterocycles. The van der Waals surface area contributed by atoms with Gasteiger partial charge >= 0.3 is 0 Å². The highest BCUT2D eigenvalue weighted by molar-refractivity contribution is 7.09. The molecule has 2 aliphatic rings. The lowest BCUT2D eigenvalue weighted by atomic mass is 9.81. The number of anilines is 1. The number of aromatic nitrogens is 1. The molecule has 1 aliphatic heterocycles. The summed E-state index contributed by atoms with van der Waals surface area (Å²) in [5.41, 5.74) is 2.63. The minimum absolute atomic E-state index is 0.0148. The summed E-state index contributed by atoms with van der Waals surface area (Å²) in [7, 11) is 0. The molecule has 0 bridgehead atoms. The molecular weight excluding hydrogens is 335 g/mol. The zero-order chi connectivity index (χ0) is 17.4. The van der Waals surface area contributed by atoms with Gasteiger partial charge < -0.3 is 4.90 Å². The molecule has 25 heavy (non-hydrogen) atoms. The Bertz CT molecular complexity index is 795. The van der Waals surface area contributed by atoms with Gasteiger partial charge in [-0.1, -0.05) is 25.0 Å². The predicted octanol–water partition coefficient (Wildman–Crippen LogP) is 4.77. The van der Waals surface area contributed by atoms with Crippen molar-refractivity contribution in [3.05, 3.63) is 45.7 Å². The number of fused-ring (bicyclic) bond motifs is 2. The summed E-state index contributed by atoms with van der Waals surface area (Å²) < 4.78 is 14.5. The Morgan fingerprint density at radius 3 is 2.88 bits per heavy atom. The van der Waals surface area contributed by atoms with Gasteiger partial charge in [0.15, 0.2) is 0 Å². The summed E-state index contributed by atoms with van der Waals surface area (Å²) in [6, 6.07) is 5.28. The molecule has 0 unspecified atom stereocenters. The molecule has 1 saturated carbocycles. The van der Waals surface area contributed by atoms with Gasteiger partial charge in [0.05, 0.1) is 16.4 Å². The lowest BCUT2D eigenvalue weighted by Crippen LogP contribution is -2.35. The van der Waals surface area contributed by atoms with Crippen LogP contribution in [-0.4, -0.2) is 17.4 Å². The van der Waals surface area contributed by atoms with Gasteiger partial charge in [-0.3, -0.25) is 4.79 Å². The van der Waals surface area contributed by atoms with E-state index in [1.165, 1.54) is 18.9 Å². The van der Waals surface area contributed by atoms with E-state index in [1.807, 2.05) is 13.0 Å². The number of amides is 1. The van der Waals surface area contributed by atoms with Crippen LogP contribution >= 0.6 is 11.3 Å². The number of halogens is 1. The molecule has 1 spiro atoms. The summed E-state index contributed by atoms with van der Waals surface area (Å²) in [4.78, 5) is 19.0. The Morgan fingerprint density at radius 1 is 1.36 bits per heavy atom. The third-order valence-electron chi connectivity index (χ3n) is 5.64. The Labute approximate surface area is 151 Å². The molecule has 3 nitrogen and oxygen atoms in total. The molecule has 0 saturated heterocycles. The monoisotopic (exact) mass is 358 g/mol. The number of hydrogen-bond donors (Lipinski definition) is 0. The molecule has 1 aromatic carbocycles. The van der Waals surface area contributed by atoms with E-state index in [-0.39, 0.29) is 17.1 Å². The van der Waals surface area contributed by atoms with Crippen molar-refractivity contribution in [3.8, 4) is 0 Å². The highest BCUT2D eigenvalue weighted by Crippen LogP contribution is 2.51. The quantitative estimate of drug-likeness (QED) is 0.788. The number of thiazole rings is 1. The van der Waals surface area contributed by atoms with Crippen LogP contribution in [0.15, 0.2) is 23.6 Å². The van der Waals surface area contributed by atoms with E-state index in [0.717, 1.165) is 41.9 Å². The Balaban J connectivity index is 1.49. The molecule has 1 aliphatic carbocycles. The van der Waals surface area contributed by atoms with Gasteiger partial charge in [-0.05, 0) is 44.2 Å². The van der Waals surface area contributed by atoms with Gasteiger partial charge in [0.1, 0.15) is 5.82 Å². The van der Waals surface area contributed by atoms with Gasteiger partial charge in [0.2, 0.25) is 5.91 Å². The molecule has 5 heteroatoms. The van der Waals surface area contributed by atoms with E-state index < -0.39 is 0 Å². The van der Waals surface area contributed by atoms with Crippen LogP contribution in [0, 0.1) is 12.7 Å². The van der Waals surface area contributed by atoms with Gasteiger partial charge in [0, 0.05) is 23.8 Å². The number of carbonyl (C=O) groups is 1. The fourth-order valence-electron chi connectivity index (χ4n) is 4.46. The van der Waals surface area contributed by atoms with Gasteiger partial charge in [-0.2, -0.15) is 0 Å². The largest absolute Gasteiger partial charge is 0.309 e. The molecule has 0 atom stereocenters. The smallest absolute Gasteiger partial charge is 0.227 e. The second-order valence-electron chi connectivity index (χ2n) is 7.31. The first-order valence-electron chi connectivity index (χ1n) is 9.09. The molecule has 0 N–H and O–H groups in total. The summed E-state index contributed by atoms with van der Waals surface area (Å²) in [6.07, 6.45) is 6.47. The van der Waals surface area contributed by atoms with Crippen molar-refractivity contribution in [2.75, 3.05) is 11.4 Å². The fourth-order valence-corrected chi connectivity index (χ4v) is 5.10. The summed E-state index contributed by atoms with van der Waals surface area (Å²) in [5, 5.41) is 3.11. The number of para-hydroxylation sites is 1. The summed E-state index contributed by atoms with van der Waals surface area (Å²) in [6.45, 7) is 2.64. The average molecular weight is 358 g/mol. The second kappa shape index (κ2) is 6.52. The molecule has 2 aromatic rings. The van der Waals surface area contributed by atoms with Crippen molar-refractivity contribution in [2.45, 2.75) is 57.3 Å². The number of nitrogens with zero attached hydrogens (tertiary/aromatic N) is 2. The number of carbonyl (C=O) groups excluding carboxylic acids is 1. The lowest BCUT2D eigenvalue weighted by Gasteiger charge is -2.24. The van der Waals surface area contributed by atoms with Crippen molar-refractivity contribution >= 4 is 22.9 Å². The van der Waals surface area contributed by atoms with Crippen LogP contribution in [0.3, 0.4) is 0 Å². The van der Waals surface area contributed by atoms with Crippen LogP contribution in [0.4, 0.5) is 10.1 Å². The standard InChI is InChI=1S/C20H23FN2OS/c1-14-22-15(12-25-14)6-4-9-18(24)23-13-20(10-2-3-11-20)16-7-5-8-17(21)19(16)23/h5,7-8,12H,2-4,6,9-11,13H2,1H3. The van der Waals surface area contributed by atoms with Crippen molar-refractivity contribution in [1.82, 2.24) is 4.98 Å². The minimum atomic E-state index is -0.259. The maximum Gasteiger partial charge on any atom is 0.227 e. The molecule has 1 fully saturated rings. The van der Waals surface area contributed by atoms with Crippen molar-refractivity contribution in [2.24, 2.45) is 0 Å². The molecule has 0 radical (unpaired) electrons. The van der Waals surface area contributed by atoms with E-state index >= 15 is 0 Å². The van der Waals surface area contributed by atoms with E-state index in [4.69, 9.17) is 0 Å². The van der Waals surface area contributed by atoms with Crippen molar-refractivity contribution in [3.63, 3.8) is 0 Å². The Kier molecular flexibility index (Phi) is 4.36. The van der Waals surface area contributed by atoms with Crippen LogP contribution in [0.1, 0.15) is 54.8 Å².